The lowest BCUT2D eigenvalue weighted by atomic mass is 10.2. The molecule has 2 aromatic rings. The molecule has 124 valence electrons. The van der Waals surface area contributed by atoms with Gasteiger partial charge in [-0.25, -0.2) is 13.4 Å². The Balaban J connectivity index is 1.94. The van der Waals surface area contributed by atoms with Gasteiger partial charge >= 0.3 is 0 Å². The van der Waals surface area contributed by atoms with E-state index in [4.69, 9.17) is 0 Å². The highest BCUT2D eigenvalue weighted by molar-refractivity contribution is 7.89. The molecule has 1 N–H and O–H groups in total. The topological polar surface area (TPSA) is 62.3 Å². The van der Waals surface area contributed by atoms with Crippen LogP contribution < -0.4 is 5.32 Å². The van der Waals surface area contributed by atoms with Gasteiger partial charge in [-0.05, 0) is 38.9 Å². The molecule has 0 aliphatic carbocycles. The zero-order chi connectivity index (χ0) is 16.4. The summed E-state index contributed by atoms with van der Waals surface area (Å²) < 4.78 is 27.6. The number of likely N-dealkylation sites (N-methyl/N-ethyl adjacent to an activating group) is 1. The molecule has 0 saturated carbocycles. The number of hydrogen-bond acceptors (Lipinski definition) is 5. The van der Waals surface area contributed by atoms with Crippen molar-refractivity contribution in [2.24, 2.45) is 0 Å². The first-order valence-corrected chi connectivity index (χ1v) is 10.0. The number of benzene rings is 1. The Morgan fingerprint density at radius 3 is 2.96 bits per heavy atom. The largest absolute Gasteiger partial charge is 0.318 e. The number of hydrogen-bond donors (Lipinski definition) is 1. The normalized spacial score (nSPS) is 19.3. The Hall–Kier alpha value is -1.28. The van der Waals surface area contributed by atoms with Crippen molar-refractivity contribution in [3.63, 3.8) is 0 Å². The summed E-state index contributed by atoms with van der Waals surface area (Å²) in [5.41, 5.74) is 1.81. The van der Waals surface area contributed by atoms with E-state index in [1.165, 1.54) is 11.3 Å². The van der Waals surface area contributed by atoms with Crippen LogP contribution in [0.25, 0.3) is 10.6 Å². The van der Waals surface area contributed by atoms with Crippen LogP contribution in [0.2, 0.25) is 0 Å². The average molecular weight is 351 g/mol. The summed E-state index contributed by atoms with van der Waals surface area (Å²) in [6.45, 7) is 3.22. The highest BCUT2D eigenvalue weighted by atomic mass is 32.2. The van der Waals surface area contributed by atoms with E-state index in [0.717, 1.165) is 29.1 Å². The lowest BCUT2D eigenvalue weighted by Crippen LogP contribution is -2.40. The zero-order valence-electron chi connectivity index (χ0n) is 13.3. The third-order valence-electron chi connectivity index (χ3n) is 4.07. The van der Waals surface area contributed by atoms with Gasteiger partial charge in [-0.1, -0.05) is 12.1 Å². The summed E-state index contributed by atoms with van der Waals surface area (Å²) in [7, 11) is -1.61. The summed E-state index contributed by atoms with van der Waals surface area (Å²) in [5.74, 6) is 0. The predicted molar refractivity (Wildman–Crippen MR) is 93.1 cm³/mol. The number of nitrogens with one attached hydrogen (secondary N) is 1. The Morgan fingerprint density at radius 2 is 2.26 bits per heavy atom. The Bertz CT molecular complexity index is 786. The average Bonchev–Trinajstić information content (AvgIpc) is 3.17. The second-order valence-electron chi connectivity index (χ2n) is 5.79. The van der Waals surface area contributed by atoms with Crippen LogP contribution in [0.3, 0.4) is 0 Å². The SMILES string of the molecule is CNCC1CCCN1S(=O)(=O)c1cccc(-c2nc(C)cs2)c1. The fourth-order valence-electron chi connectivity index (χ4n) is 2.98. The van der Waals surface area contributed by atoms with E-state index in [1.807, 2.05) is 25.4 Å². The molecule has 0 spiro atoms. The smallest absolute Gasteiger partial charge is 0.243 e. The highest BCUT2D eigenvalue weighted by Gasteiger charge is 2.34. The van der Waals surface area contributed by atoms with Gasteiger partial charge in [0.05, 0.1) is 4.90 Å². The predicted octanol–water partition coefficient (Wildman–Crippen LogP) is 2.49. The van der Waals surface area contributed by atoms with Crippen molar-refractivity contribution >= 4 is 21.4 Å². The van der Waals surface area contributed by atoms with E-state index < -0.39 is 10.0 Å². The third kappa shape index (κ3) is 3.33. The molecule has 1 fully saturated rings. The van der Waals surface area contributed by atoms with Crippen LogP contribution in [0.5, 0.6) is 0 Å². The van der Waals surface area contributed by atoms with E-state index in [0.29, 0.717) is 18.0 Å². The van der Waals surface area contributed by atoms with Crippen LogP contribution >= 0.6 is 11.3 Å². The van der Waals surface area contributed by atoms with Crippen molar-refractivity contribution in [3.05, 3.63) is 35.3 Å². The van der Waals surface area contributed by atoms with Gasteiger partial charge in [-0.15, -0.1) is 11.3 Å². The molecule has 7 heteroatoms. The molecule has 1 aliphatic rings. The molecule has 1 unspecified atom stereocenters. The molecule has 2 heterocycles. The molecule has 0 radical (unpaired) electrons. The minimum Gasteiger partial charge on any atom is -0.318 e. The van der Waals surface area contributed by atoms with E-state index in [2.05, 4.69) is 10.3 Å². The van der Waals surface area contributed by atoms with Crippen molar-refractivity contribution in [1.82, 2.24) is 14.6 Å². The van der Waals surface area contributed by atoms with Gasteiger partial charge in [0, 0.05) is 35.8 Å². The number of nitrogens with zero attached hydrogens (tertiary/aromatic N) is 2. The second-order valence-corrected chi connectivity index (χ2v) is 8.54. The standard InChI is InChI=1S/C16H21N3O2S2/c1-12-11-22-16(18-12)13-5-3-7-15(9-13)23(20,21)19-8-4-6-14(19)10-17-2/h3,5,7,9,11,14,17H,4,6,8,10H2,1-2H3. The molecule has 1 aromatic heterocycles. The first-order chi connectivity index (χ1) is 11.0. The fourth-order valence-corrected chi connectivity index (χ4v) is 5.51. The monoisotopic (exact) mass is 351 g/mol. The maximum atomic E-state index is 13.0. The lowest BCUT2D eigenvalue weighted by molar-refractivity contribution is 0.379. The van der Waals surface area contributed by atoms with Crippen LogP contribution in [-0.2, 0) is 10.0 Å². The van der Waals surface area contributed by atoms with Gasteiger partial charge < -0.3 is 5.32 Å². The highest BCUT2D eigenvalue weighted by Crippen LogP contribution is 2.29. The number of thiazole rings is 1. The Labute approximate surface area is 141 Å². The molecule has 0 amide bonds. The van der Waals surface area contributed by atoms with Crippen LogP contribution in [-0.4, -0.2) is 43.9 Å². The molecule has 1 aromatic carbocycles. The lowest BCUT2D eigenvalue weighted by Gasteiger charge is -2.24. The zero-order valence-corrected chi connectivity index (χ0v) is 15.0. The molecule has 1 saturated heterocycles. The van der Waals surface area contributed by atoms with Crippen molar-refractivity contribution in [1.29, 1.82) is 0 Å². The van der Waals surface area contributed by atoms with Gasteiger partial charge in [0.25, 0.3) is 0 Å². The van der Waals surface area contributed by atoms with Crippen LogP contribution in [0.4, 0.5) is 0 Å². The first kappa shape index (κ1) is 16.6. The number of aromatic nitrogens is 1. The summed E-state index contributed by atoms with van der Waals surface area (Å²) in [4.78, 5) is 4.80. The summed E-state index contributed by atoms with van der Waals surface area (Å²) in [6, 6.07) is 7.15. The Kier molecular flexibility index (Phi) is 4.82. The molecule has 23 heavy (non-hydrogen) atoms. The van der Waals surface area contributed by atoms with Crippen molar-refractivity contribution < 1.29 is 8.42 Å². The second kappa shape index (κ2) is 6.68. The van der Waals surface area contributed by atoms with Gasteiger partial charge in [0.1, 0.15) is 5.01 Å². The molecular formula is C16H21N3O2S2. The van der Waals surface area contributed by atoms with Crippen molar-refractivity contribution in [2.45, 2.75) is 30.7 Å². The molecule has 5 nitrogen and oxygen atoms in total. The van der Waals surface area contributed by atoms with Crippen LogP contribution in [0, 0.1) is 6.92 Å². The minimum atomic E-state index is -3.46. The maximum Gasteiger partial charge on any atom is 0.243 e. The molecular weight excluding hydrogens is 330 g/mol. The van der Waals surface area contributed by atoms with Gasteiger partial charge in [-0.3, -0.25) is 0 Å². The quantitative estimate of drug-likeness (QED) is 0.899. The Morgan fingerprint density at radius 1 is 1.43 bits per heavy atom. The summed E-state index contributed by atoms with van der Waals surface area (Å²) in [5, 5.41) is 5.92. The molecule has 3 rings (SSSR count). The summed E-state index contributed by atoms with van der Waals surface area (Å²) in [6.07, 6.45) is 1.82. The fraction of sp³-hybridized carbons (Fsp3) is 0.438. The van der Waals surface area contributed by atoms with E-state index in [1.54, 1.807) is 22.5 Å². The van der Waals surface area contributed by atoms with Crippen LogP contribution in [0.1, 0.15) is 18.5 Å². The van der Waals surface area contributed by atoms with Crippen molar-refractivity contribution in [2.75, 3.05) is 20.1 Å². The number of rotatable bonds is 5. The van der Waals surface area contributed by atoms with Gasteiger partial charge in [0.15, 0.2) is 0 Å². The molecule has 0 bridgehead atoms. The van der Waals surface area contributed by atoms with E-state index in [9.17, 15) is 8.42 Å². The van der Waals surface area contributed by atoms with Gasteiger partial charge in [0.2, 0.25) is 10.0 Å². The number of aryl methyl sites for hydroxylation is 1. The first-order valence-electron chi connectivity index (χ1n) is 7.71. The third-order valence-corrected chi connectivity index (χ3v) is 7.03. The molecule has 1 aliphatic heterocycles. The minimum absolute atomic E-state index is 0.0377. The summed E-state index contributed by atoms with van der Waals surface area (Å²) >= 11 is 1.53. The molecule has 1 atom stereocenters. The number of sulfonamides is 1. The van der Waals surface area contributed by atoms with E-state index >= 15 is 0 Å². The van der Waals surface area contributed by atoms with Gasteiger partial charge in [-0.2, -0.15) is 4.31 Å². The van der Waals surface area contributed by atoms with Crippen molar-refractivity contribution in [3.8, 4) is 10.6 Å². The van der Waals surface area contributed by atoms with E-state index in [-0.39, 0.29) is 6.04 Å². The maximum absolute atomic E-state index is 13.0. The van der Waals surface area contributed by atoms with Crippen LogP contribution in [0.15, 0.2) is 34.5 Å².